The molecule has 7 rings (SSSR count). The zero-order chi connectivity index (χ0) is 36.1. The third-order valence-corrected chi connectivity index (χ3v) is 8.77. The monoisotopic (exact) mass is 693 g/mol. The second-order valence-corrected chi connectivity index (χ2v) is 12.0. The number of rotatable bonds is 9. The predicted molar refractivity (Wildman–Crippen MR) is 185 cm³/mol. The lowest BCUT2D eigenvalue weighted by Crippen LogP contribution is -2.39. The van der Waals surface area contributed by atoms with Gasteiger partial charge in [-0.05, 0) is 42.9 Å². The number of fused-ring (bicyclic) bond motifs is 1. The molecule has 0 unspecified atom stereocenters. The number of aromatic amines is 1. The van der Waals surface area contributed by atoms with E-state index in [1.807, 2.05) is 41.1 Å². The number of hydrogen-bond donors (Lipinski definition) is 5. The van der Waals surface area contributed by atoms with Crippen LogP contribution in [-0.2, 0) is 14.4 Å². The average molecular weight is 694 g/mol. The highest BCUT2D eigenvalue weighted by Crippen LogP contribution is 2.48. The van der Waals surface area contributed by atoms with Gasteiger partial charge in [0.25, 0.3) is 5.91 Å². The molecule has 16 nitrogen and oxygen atoms in total. The molecule has 2 amide bonds. The summed E-state index contributed by atoms with van der Waals surface area (Å²) in [4.78, 5) is 62.5. The first-order chi connectivity index (χ1) is 24.6. The Balaban J connectivity index is 0.000000503. The fraction of sp³-hybridized carbons (Fsp3) is 0.257. The van der Waals surface area contributed by atoms with Crippen molar-refractivity contribution in [2.45, 2.75) is 31.2 Å². The lowest BCUT2D eigenvalue weighted by Gasteiger charge is -2.31. The predicted octanol–water partition coefficient (Wildman–Crippen LogP) is 3.74. The Kier molecular flexibility index (Phi) is 10.0. The fourth-order valence-electron chi connectivity index (χ4n) is 6.16. The van der Waals surface area contributed by atoms with E-state index >= 15 is 0 Å². The van der Waals surface area contributed by atoms with Gasteiger partial charge in [-0.1, -0.05) is 36.4 Å². The minimum absolute atomic E-state index is 0.0164. The normalized spacial score (nSPS) is 17.1. The molecule has 51 heavy (non-hydrogen) atoms. The maximum atomic E-state index is 13.1. The summed E-state index contributed by atoms with van der Waals surface area (Å²) in [6, 6.07) is 15.7. The molecule has 1 aliphatic heterocycles. The van der Waals surface area contributed by atoms with Crippen molar-refractivity contribution in [3.05, 3.63) is 90.8 Å². The number of aromatic nitrogens is 6. The second kappa shape index (κ2) is 14.9. The van der Waals surface area contributed by atoms with Gasteiger partial charge in [0.1, 0.15) is 23.6 Å². The van der Waals surface area contributed by atoms with Gasteiger partial charge in [0.2, 0.25) is 5.91 Å². The number of hydrogen-bond acceptors (Lipinski definition) is 10. The van der Waals surface area contributed by atoms with Crippen LogP contribution in [0.2, 0.25) is 0 Å². The number of nitrogens with one attached hydrogen (secondary N) is 2. The van der Waals surface area contributed by atoms with Crippen LogP contribution in [0.4, 0.5) is 11.5 Å². The Morgan fingerprint density at radius 3 is 2.37 bits per heavy atom. The van der Waals surface area contributed by atoms with Crippen LogP contribution in [0.15, 0.2) is 79.4 Å². The molecule has 2 aliphatic rings. The molecule has 1 saturated heterocycles. The number of ether oxygens (including phenoxy) is 1. The highest BCUT2D eigenvalue weighted by molar-refractivity contribution is 6.00. The second-order valence-electron chi connectivity index (χ2n) is 12.0. The summed E-state index contributed by atoms with van der Waals surface area (Å²) in [5.74, 6) is -1.29. The molecule has 6 N–H and O–H groups in total. The standard InChI is InChI=1S/C31H31N9O3.C4H4O4/c1-43-24-15-19(7-8-23(24)37-30(41)22-16-21(22)18-5-3-2-4-6-18)26-25-27(32)35-17-36-29(25)40(38-26)20-9-13-39(14-10-20)31(42)28-33-11-12-34-28;5-3(6)1-2-4(7)8/h2-8,11-12,15,17,20-22H,9-10,13-14,16H2,1H3,(H,33,34)(H,37,41)(H2,32,35,36);1-2H,(H,5,6)(H,7,8)/b;2-1-/t21-,22+;/m0./s1. The maximum Gasteiger partial charge on any atom is 0.328 e. The molecule has 2 fully saturated rings. The van der Waals surface area contributed by atoms with E-state index in [4.69, 9.17) is 25.8 Å². The van der Waals surface area contributed by atoms with Gasteiger partial charge in [0.05, 0.1) is 24.2 Å². The topological polar surface area (TPSA) is 232 Å². The van der Waals surface area contributed by atoms with Gasteiger partial charge < -0.3 is 35.9 Å². The molecule has 5 aromatic rings. The van der Waals surface area contributed by atoms with Gasteiger partial charge in [-0.15, -0.1) is 0 Å². The van der Waals surface area contributed by atoms with Crippen LogP contribution in [0.1, 0.15) is 47.4 Å². The van der Waals surface area contributed by atoms with Crippen LogP contribution in [0.3, 0.4) is 0 Å². The first kappa shape index (κ1) is 34.3. The third-order valence-electron chi connectivity index (χ3n) is 8.77. The van der Waals surface area contributed by atoms with Crippen LogP contribution in [0.25, 0.3) is 22.3 Å². The molecule has 4 heterocycles. The number of amides is 2. The largest absolute Gasteiger partial charge is 0.495 e. The number of piperidine rings is 1. The summed E-state index contributed by atoms with van der Waals surface area (Å²) in [5, 5.41) is 24.3. The molecule has 2 atom stereocenters. The summed E-state index contributed by atoms with van der Waals surface area (Å²) in [6.07, 6.45) is 8.00. The number of carbonyl (C=O) groups excluding carboxylic acids is 2. The molecular weight excluding hydrogens is 658 g/mol. The van der Waals surface area contributed by atoms with Crippen molar-refractivity contribution in [1.29, 1.82) is 0 Å². The number of nitrogens with zero attached hydrogens (tertiary/aromatic N) is 6. The van der Waals surface area contributed by atoms with Crippen LogP contribution in [-0.4, -0.2) is 88.8 Å². The molecule has 2 aromatic carbocycles. The average Bonchev–Trinajstić information content (AvgIpc) is 3.56. The van der Waals surface area contributed by atoms with Gasteiger partial charge in [-0.25, -0.2) is 29.2 Å². The van der Waals surface area contributed by atoms with Crippen molar-refractivity contribution in [2.75, 3.05) is 31.2 Å². The highest BCUT2D eigenvalue weighted by atomic mass is 16.5. The van der Waals surface area contributed by atoms with E-state index < -0.39 is 11.9 Å². The van der Waals surface area contributed by atoms with Crippen LogP contribution >= 0.6 is 0 Å². The summed E-state index contributed by atoms with van der Waals surface area (Å²) in [5.41, 5.74) is 10.2. The van der Waals surface area contributed by atoms with Crippen molar-refractivity contribution in [3.8, 4) is 17.0 Å². The van der Waals surface area contributed by atoms with Gasteiger partial charge in [0.15, 0.2) is 11.5 Å². The van der Waals surface area contributed by atoms with Gasteiger partial charge in [0, 0.05) is 49.1 Å². The van der Waals surface area contributed by atoms with E-state index in [0.717, 1.165) is 12.0 Å². The number of methoxy groups -OCH3 is 1. The van der Waals surface area contributed by atoms with Crippen molar-refractivity contribution >= 4 is 46.3 Å². The molecule has 1 aliphatic carbocycles. The van der Waals surface area contributed by atoms with Crippen LogP contribution < -0.4 is 15.8 Å². The third kappa shape index (κ3) is 7.69. The number of carboxylic acids is 2. The van der Waals surface area contributed by atoms with Gasteiger partial charge in [-0.3, -0.25) is 9.59 Å². The van der Waals surface area contributed by atoms with Crippen molar-refractivity contribution in [2.24, 2.45) is 5.92 Å². The number of nitrogen functional groups attached to an aromatic ring is 1. The Morgan fingerprint density at radius 1 is 1.00 bits per heavy atom. The lowest BCUT2D eigenvalue weighted by molar-refractivity contribution is -0.134. The van der Waals surface area contributed by atoms with Gasteiger partial charge in [-0.2, -0.15) is 5.10 Å². The Bertz CT molecular complexity index is 2070. The Morgan fingerprint density at radius 2 is 1.73 bits per heavy atom. The molecule has 0 spiro atoms. The first-order valence-electron chi connectivity index (χ1n) is 16.1. The van der Waals surface area contributed by atoms with Gasteiger partial charge >= 0.3 is 11.9 Å². The van der Waals surface area contributed by atoms with Crippen molar-refractivity contribution in [3.63, 3.8) is 0 Å². The molecule has 0 radical (unpaired) electrons. The highest BCUT2D eigenvalue weighted by Gasteiger charge is 2.44. The van der Waals surface area contributed by atoms with Crippen molar-refractivity contribution < 1.29 is 34.1 Å². The van der Waals surface area contributed by atoms with Crippen LogP contribution in [0.5, 0.6) is 5.75 Å². The van der Waals surface area contributed by atoms with E-state index in [1.165, 1.54) is 11.9 Å². The smallest absolute Gasteiger partial charge is 0.328 e. The minimum atomic E-state index is -1.26. The zero-order valence-corrected chi connectivity index (χ0v) is 27.5. The fourth-order valence-corrected chi connectivity index (χ4v) is 6.16. The molecule has 262 valence electrons. The molecule has 1 saturated carbocycles. The maximum absolute atomic E-state index is 13.1. The molecule has 16 heteroatoms. The minimum Gasteiger partial charge on any atom is -0.495 e. The van der Waals surface area contributed by atoms with E-state index in [2.05, 4.69) is 37.4 Å². The lowest BCUT2D eigenvalue weighted by atomic mass is 10.0. The number of likely N-dealkylation sites (tertiary alicyclic amines) is 1. The van der Waals surface area contributed by atoms with E-state index in [1.54, 1.807) is 24.4 Å². The van der Waals surface area contributed by atoms with E-state index in [-0.39, 0.29) is 29.7 Å². The Hall–Kier alpha value is -6.58. The number of carbonyl (C=O) groups is 4. The Labute approximate surface area is 291 Å². The summed E-state index contributed by atoms with van der Waals surface area (Å²) in [6.45, 7) is 1.13. The SMILES string of the molecule is COc1cc(-c2nn(C3CCN(C(=O)c4ncc[nH]4)CC3)c3ncnc(N)c23)ccc1NC(=O)[C@@H]1C[C@H]1c1ccccc1.O=C(O)/C=C\C(=O)O. The number of imidazole rings is 1. The first-order valence-corrected chi connectivity index (χ1v) is 16.1. The molecular formula is C35H35N9O7. The summed E-state index contributed by atoms with van der Waals surface area (Å²) in [7, 11) is 1.57. The van der Waals surface area contributed by atoms with E-state index in [9.17, 15) is 19.2 Å². The molecule has 0 bridgehead atoms. The summed E-state index contributed by atoms with van der Waals surface area (Å²) < 4.78 is 7.59. The number of carboxylic acid groups (broad SMARTS) is 2. The van der Waals surface area contributed by atoms with E-state index in [0.29, 0.717) is 77.9 Å². The van der Waals surface area contributed by atoms with Crippen LogP contribution in [0, 0.1) is 5.92 Å². The number of anilines is 2. The number of H-pyrrole nitrogens is 1. The number of aliphatic carboxylic acids is 2. The quantitative estimate of drug-likeness (QED) is 0.139. The summed E-state index contributed by atoms with van der Waals surface area (Å²) >= 11 is 0. The van der Waals surface area contributed by atoms with Crippen molar-refractivity contribution in [1.82, 2.24) is 34.6 Å². The zero-order valence-electron chi connectivity index (χ0n) is 27.5. The number of benzene rings is 2. The number of nitrogens with two attached hydrogens (primary N) is 1. The molecule has 3 aromatic heterocycles.